The summed E-state index contributed by atoms with van der Waals surface area (Å²) in [7, 11) is 4.05. The minimum atomic E-state index is -0.523. The summed E-state index contributed by atoms with van der Waals surface area (Å²) >= 11 is 0. The Morgan fingerprint density at radius 2 is 1.91 bits per heavy atom. The van der Waals surface area contributed by atoms with Gasteiger partial charge in [-0.25, -0.2) is 9.83 Å². The molecule has 0 spiro atoms. The lowest BCUT2D eigenvalue weighted by Gasteiger charge is -2.35. The van der Waals surface area contributed by atoms with Gasteiger partial charge in [0.25, 0.3) is 5.69 Å². The zero-order valence-electron chi connectivity index (χ0n) is 19.5. The molecule has 0 saturated carbocycles. The van der Waals surface area contributed by atoms with Crippen LogP contribution in [0.3, 0.4) is 0 Å². The Kier molecular flexibility index (Phi) is 6.16. The van der Waals surface area contributed by atoms with Crippen molar-refractivity contribution in [1.82, 2.24) is 24.6 Å². The summed E-state index contributed by atoms with van der Waals surface area (Å²) in [6.07, 6.45) is 6.09. The van der Waals surface area contributed by atoms with E-state index in [-0.39, 0.29) is 6.10 Å². The maximum Gasteiger partial charge on any atom is 0.251 e. The number of hydrogen-bond acceptors (Lipinski definition) is 6. The Balaban J connectivity index is 1.50. The van der Waals surface area contributed by atoms with E-state index < -0.39 is 5.95 Å². The highest BCUT2D eigenvalue weighted by molar-refractivity contribution is 5.91. The van der Waals surface area contributed by atoms with Crippen molar-refractivity contribution in [3.63, 3.8) is 0 Å². The van der Waals surface area contributed by atoms with Gasteiger partial charge >= 0.3 is 0 Å². The molecule has 2 aromatic heterocycles. The van der Waals surface area contributed by atoms with Gasteiger partial charge < -0.3 is 19.1 Å². The molecule has 176 valence electrons. The number of likely N-dealkylation sites (tertiary alicyclic amines) is 1. The van der Waals surface area contributed by atoms with E-state index in [9.17, 15) is 4.39 Å². The molecule has 1 unspecified atom stereocenters. The Hall–Kier alpha value is -3.51. The minimum Gasteiger partial charge on any atom is -0.500 e. The molecule has 1 aromatic carbocycles. The molecule has 2 saturated heterocycles. The first-order chi connectivity index (χ1) is 16.5. The van der Waals surface area contributed by atoms with Gasteiger partial charge in [-0.15, -0.1) is 10.2 Å². The molecule has 0 radical (unpaired) electrons. The molecule has 3 aromatic rings. The number of likely N-dealkylation sites (N-methyl/N-ethyl adjacent to an activating group) is 1. The lowest BCUT2D eigenvalue weighted by atomic mass is 9.94. The number of anilines is 1. The summed E-state index contributed by atoms with van der Waals surface area (Å²) in [4.78, 5) is 12.3. The predicted molar refractivity (Wildman–Crippen MR) is 128 cm³/mol. The van der Waals surface area contributed by atoms with Gasteiger partial charge in [-0.05, 0) is 50.1 Å². The average molecular weight is 462 g/mol. The molecule has 2 aliphatic heterocycles. The third-order valence-corrected chi connectivity index (χ3v) is 6.83. The number of hydrogen-bond donors (Lipinski definition) is 0. The van der Waals surface area contributed by atoms with Crippen LogP contribution < -0.4 is 9.64 Å². The highest BCUT2D eigenvalue weighted by atomic mass is 19.1. The highest BCUT2D eigenvalue weighted by Gasteiger charge is 2.29. The van der Waals surface area contributed by atoms with Crippen LogP contribution in [0.2, 0.25) is 0 Å². The third-order valence-electron chi connectivity index (χ3n) is 6.83. The molecule has 0 aliphatic carbocycles. The van der Waals surface area contributed by atoms with Crippen LogP contribution in [0.25, 0.3) is 16.0 Å². The van der Waals surface area contributed by atoms with Gasteiger partial charge in [0.05, 0.1) is 12.3 Å². The molecule has 2 aliphatic rings. The SMILES string of the molecule is [C-]#[N+]c1c(OC2CCN(C)C2)ccc(-c2ccc(F)nc2)c1N1CCC(c2nncn2C)CC1. The van der Waals surface area contributed by atoms with E-state index in [2.05, 4.69) is 36.9 Å². The standard InChI is InChI=1S/C25H28FN7O/c1-27-23-21(34-19-10-11-31(2)15-19)6-5-20(18-4-7-22(26)28-14-18)24(23)33-12-8-17(9-13-33)25-30-29-16-32(25)3/h4-7,14,16-17,19H,8-13,15H2,2-3H3. The minimum absolute atomic E-state index is 0.0679. The molecule has 2 fully saturated rings. The number of halogens is 1. The smallest absolute Gasteiger partial charge is 0.251 e. The van der Waals surface area contributed by atoms with Crippen LogP contribution in [-0.2, 0) is 7.05 Å². The van der Waals surface area contributed by atoms with Gasteiger partial charge in [0.15, 0.2) is 0 Å². The average Bonchev–Trinajstić information content (AvgIpc) is 3.47. The largest absolute Gasteiger partial charge is 0.500 e. The summed E-state index contributed by atoms with van der Waals surface area (Å²) in [5.74, 6) is 1.41. The number of aryl methyl sites for hydroxylation is 1. The molecule has 4 heterocycles. The summed E-state index contributed by atoms with van der Waals surface area (Å²) in [5.41, 5.74) is 2.99. The van der Waals surface area contributed by atoms with Gasteiger partial charge in [-0.2, -0.15) is 4.39 Å². The molecule has 0 N–H and O–H groups in total. The van der Waals surface area contributed by atoms with Crippen molar-refractivity contribution < 1.29 is 9.13 Å². The number of piperidine rings is 1. The third kappa shape index (κ3) is 4.33. The van der Waals surface area contributed by atoms with E-state index in [0.29, 0.717) is 17.4 Å². The normalized spacial score (nSPS) is 19.4. The van der Waals surface area contributed by atoms with E-state index in [1.807, 2.05) is 23.7 Å². The Labute approximate surface area is 198 Å². The summed E-state index contributed by atoms with van der Waals surface area (Å²) in [6.45, 7) is 11.4. The number of rotatable bonds is 5. The molecule has 0 amide bonds. The topological polar surface area (TPSA) is 63.7 Å². The molecule has 8 nitrogen and oxygen atoms in total. The molecule has 34 heavy (non-hydrogen) atoms. The summed E-state index contributed by atoms with van der Waals surface area (Å²) in [5, 5.41) is 8.33. The molecule has 1 atom stereocenters. The van der Waals surface area contributed by atoms with Crippen molar-refractivity contribution in [2.24, 2.45) is 7.05 Å². The zero-order chi connectivity index (χ0) is 23.7. The highest BCUT2D eigenvalue weighted by Crippen LogP contribution is 2.47. The first-order valence-electron chi connectivity index (χ1n) is 11.6. The number of benzene rings is 1. The van der Waals surface area contributed by atoms with Crippen LogP contribution in [0.15, 0.2) is 36.8 Å². The monoisotopic (exact) mass is 461 g/mol. The van der Waals surface area contributed by atoms with Gasteiger partial charge in [-0.3, -0.25) is 0 Å². The van der Waals surface area contributed by atoms with E-state index >= 15 is 0 Å². The maximum absolute atomic E-state index is 13.5. The molecule has 0 bridgehead atoms. The Morgan fingerprint density at radius 1 is 1.09 bits per heavy atom. The van der Waals surface area contributed by atoms with Crippen molar-refractivity contribution in [1.29, 1.82) is 0 Å². The second kappa shape index (κ2) is 9.39. The van der Waals surface area contributed by atoms with E-state index in [1.54, 1.807) is 12.4 Å². The lowest BCUT2D eigenvalue weighted by molar-refractivity contribution is 0.209. The fraction of sp³-hybridized carbons (Fsp3) is 0.440. The first-order valence-corrected chi connectivity index (χ1v) is 11.6. The summed E-state index contributed by atoms with van der Waals surface area (Å²) < 4.78 is 21.8. The number of nitrogens with zero attached hydrogens (tertiary/aromatic N) is 7. The quantitative estimate of drug-likeness (QED) is 0.422. The molecule has 5 rings (SSSR count). The fourth-order valence-corrected chi connectivity index (χ4v) is 5.05. The van der Waals surface area contributed by atoms with Crippen molar-refractivity contribution in [2.45, 2.75) is 31.3 Å². The van der Waals surface area contributed by atoms with Crippen LogP contribution in [0.1, 0.15) is 31.0 Å². The van der Waals surface area contributed by atoms with Gasteiger partial charge in [0.1, 0.15) is 24.0 Å². The van der Waals surface area contributed by atoms with Crippen LogP contribution in [0.5, 0.6) is 5.75 Å². The Bertz CT molecular complexity index is 1190. The van der Waals surface area contributed by atoms with Crippen LogP contribution in [-0.4, -0.2) is 64.0 Å². The van der Waals surface area contributed by atoms with E-state index in [0.717, 1.165) is 68.1 Å². The number of ether oxygens (including phenoxy) is 1. The van der Waals surface area contributed by atoms with Crippen LogP contribution in [0.4, 0.5) is 15.8 Å². The molecule has 9 heteroatoms. The number of aromatic nitrogens is 4. The van der Waals surface area contributed by atoms with Gasteiger partial charge in [0, 0.05) is 50.9 Å². The van der Waals surface area contributed by atoms with Crippen LogP contribution >= 0.6 is 0 Å². The van der Waals surface area contributed by atoms with Crippen LogP contribution in [0, 0.1) is 12.5 Å². The van der Waals surface area contributed by atoms with Crippen molar-refractivity contribution >= 4 is 11.4 Å². The second-order valence-electron chi connectivity index (χ2n) is 9.14. The lowest BCUT2D eigenvalue weighted by Crippen LogP contribution is -2.34. The van der Waals surface area contributed by atoms with E-state index in [1.165, 1.54) is 12.3 Å². The summed E-state index contributed by atoms with van der Waals surface area (Å²) in [6, 6.07) is 6.92. The fourth-order valence-electron chi connectivity index (χ4n) is 5.05. The predicted octanol–water partition coefficient (Wildman–Crippen LogP) is 4.03. The Morgan fingerprint density at radius 3 is 2.53 bits per heavy atom. The molecular formula is C25H28FN7O. The van der Waals surface area contributed by atoms with Gasteiger partial charge in [-0.1, -0.05) is 6.07 Å². The van der Waals surface area contributed by atoms with Crippen molar-refractivity contribution in [3.05, 3.63) is 60.0 Å². The maximum atomic E-state index is 13.5. The number of pyridine rings is 1. The van der Waals surface area contributed by atoms with Gasteiger partial charge in [0.2, 0.25) is 5.95 Å². The second-order valence-corrected chi connectivity index (χ2v) is 9.14. The van der Waals surface area contributed by atoms with Crippen molar-refractivity contribution in [3.8, 4) is 16.9 Å². The first kappa shape index (κ1) is 22.3. The van der Waals surface area contributed by atoms with E-state index in [4.69, 9.17) is 11.3 Å². The van der Waals surface area contributed by atoms with Crippen molar-refractivity contribution in [2.75, 3.05) is 38.1 Å². The molecular weight excluding hydrogens is 433 g/mol. The zero-order valence-corrected chi connectivity index (χ0v) is 19.5.